The Labute approximate surface area is 157 Å². The van der Waals surface area contributed by atoms with Crippen LogP contribution in [0.5, 0.6) is 0 Å². The summed E-state index contributed by atoms with van der Waals surface area (Å²) in [5.41, 5.74) is 2.54. The van der Waals surface area contributed by atoms with Crippen molar-refractivity contribution >= 4 is 31.8 Å². The first-order valence-corrected chi connectivity index (χ1v) is 9.18. The summed E-state index contributed by atoms with van der Waals surface area (Å²) in [6.07, 6.45) is -2.35. The van der Waals surface area contributed by atoms with Gasteiger partial charge in [-0.2, -0.15) is 8.42 Å². The van der Waals surface area contributed by atoms with E-state index in [9.17, 15) is 13.2 Å². The van der Waals surface area contributed by atoms with Crippen molar-refractivity contribution in [2.75, 3.05) is 0 Å². The molecule has 1 heterocycles. The van der Waals surface area contributed by atoms with Crippen molar-refractivity contribution in [3.05, 3.63) is 81.8 Å². The second-order valence-electron chi connectivity index (χ2n) is 4.97. The number of rotatable bonds is 5. The number of carbonyl (C=O) groups is 1. The minimum absolute atomic E-state index is 0.0943. The van der Waals surface area contributed by atoms with Crippen LogP contribution >= 0.6 is 15.9 Å². The van der Waals surface area contributed by atoms with E-state index in [2.05, 4.69) is 15.9 Å². The molecule has 0 amide bonds. The normalized spacial score (nSPS) is 22.8. The molecule has 0 saturated heterocycles. The third-order valence-corrected chi connectivity index (χ3v) is 4.51. The van der Waals surface area contributed by atoms with E-state index in [0.717, 1.165) is 0 Å². The molecule has 0 bridgehead atoms. The summed E-state index contributed by atoms with van der Waals surface area (Å²) in [6.45, 7) is 0. The van der Waals surface area contributed by atoms with Crippen LogP contribution in [0.3, 0.4) is 0 Å². The van der Waals surface area contributed by atoms with E-state index < -0.39 is 39.3 Å². The minimum atomic E-state index is -5.00. The molecule has 0 aromatic heterocycles. The lowest BCUT2D eigenvalue weighted by Crippen LogP contribution is -2.16. The Morgan fingerprint density at radius 2 is 1.96 bits per heavy atom. The average molecular weight is 427 g/mol. The maximum absolute atomic E-state index is 12.7. The Morgan fingerprint density at radius 3 is 2.64 bits per heavy atom. The van der Waals surface area contributed by atoms with Crippen LogP contribution in [0, 0.1) is 0 Å². The van der Waals surface area contributed by atoms with E-state index in [4.69, 9.17) is 18.8 Å². The van der Waals surface area contributed by atoms with Gasteiger partial charge in [0.2, 0.25) is 17.4 Å². The van der Waals surface area contributed by atoms with Crippen LogP contribution < -0.4 is 5.73 Å². The van der Waals surface area contributed by atoms with Crippen molar-refractivity contribution in [3.63, 3.8) is 0 Å². The van der Waals surface area contributed by atoms with Crippen LogP contribution in [-0.2, 0) is 29.5 Å². The zero-order valence-electron chi connectivity index (χ0n) is 15.6. The highest BCUT2D eigenvalue weighted by molar-refractivity contribution is 9.10. The molecule has 3 rings (SSSR count). The highest BCUT2D eigenvalue weighted by Gasteiger charge is 2.39. The van der Waals surface area contributed by atoms with Gasteiger partial charge in [0.15, 0.2) is 6.08 Å². The lowest BCUT2D eigenvalue weighted by Gasteiger charge is -2.10. The number of ether oxygens (including phenoxy) is 1. The number of hydrogen-bond acceptors (Lipinski definition) is 6. The van der Waals surface area contributed by atoms with E-state index in [1.165, 1.54) is 36.4 Å². The molecule has 0 radical (unpaired) electrons. The van der Waals surface area contributed by atoms with Gasteiger partial charge in [-0.15, -0.1) is 0 Å². The van der Waals surface area contributed by atoms with Gasteiger partial charge in [0, 0.05) is 10.0 Å². The second kappa shape index (κ2) is 6.89. The monoisotopic (exact) mass is 426 g/mol. The lowest BCUT2D eigenvalue weighted by molar-refractivity contribution is -0.123. The van der Waals surface area contributed by atoms with Gasteiger partial charge in [-0.05, 0) is 17.7 Å². The van der Waals surface area contributed by atoms with Crippen LogP contribution in [-0.4, -0.2) is 14.2 Å². The summed E-state index contributed by atoms with van der Waals surface area (Å²) in [5, 5.41) is 0. The molecule has 8 heteroatoms. The Kier molecular flexibility index (Phi) is 3.84. The smallest absolute Gasteiger partial charge is 0.313 e. The van der Waals surface area contributed by atoms with Gasteiger partial charge < -0.3 is 14.7 Å². The van der Waals surface area contributed by atoms with Crippen molar-refractivity contribution in [2.24, 2.45) is 5.73 Å². The number of carbonyl (C=O) groups excluding carboxylic acids is 1. The molecule has 1 aliphatic heterocycles. The Bertz CT molecular complexity index is 1080. The van der Waals surface area contributed by atoms with Crippen molar-refractivity contribution in [3.8, 4) is 0 Å². The van der Waals surface area contributed by atoms with Crippen LogP contribution in [0.15, 0.2) is 70.7 Å². The fourth-order valence-corrected chi connectivity index (χ4v) is 3.34. The SMILES string of the molecule is [2H]C1(c2cccc(Br)c2)OC(N)=C(OS(=O)(=O)C([2H])([2H])c2ccccc2)C1=O. The zero-order valence-corrected chi connectivity index (χ0v) is 15.0. The molecule has 2 aromatic rings. The summed E-state index contributed by atoms with van der Waals surface area (Å²) in [5.74, 6) is -2.81. The standard InChI is InChI=1S/C17H14BrNO5S/c18-13-8-4-7-12(9-13)15-14(20)16(17(19)23-15)24-25(21,22)10-11-5-2-1-3-6-11/h1-9,15H,10,19H2/i10D2,15D. The molecule has 1 unspecified atom stereocenters. The van der Waals surface area contributed by atoms with Crippen LogP contribution in [0.25, 0.3) is 0 Å². The van der Waals surface area contributed by atoms with Crippen molar-refractivity contribution in [1.29, 1.82) is 0 Å². The van der Waals surface area contributed by atoms with Gasteiger partial charge in [-0.1, -0.05) is 58.4 Å². The van der Waals surface area contributed by atoms with Crippen LogP contribution in [0.1, 0.15) is 21.3 Å². The molecule has 2 aromatic carbocycles. The quantitative estimate of drug-likeness (QED) is 0.738. The van der Waals surface area contributed by atoms with E-state index in [1.807, 2.05) is 0 Å². The molecular weight excluding hydrogens is 410 g/mol. The minimum Gasteiger partial charge on any atom is -0.460 e. The summed E-state index contributed by atoms with van der Waals surface area (Å²) < 4.78 is 59.7. The fourth-order valence-electron chi connectivity index (χ4n) is 2.10. The molecule has 130 valence electrons. The summed E-state index contributed by atoms with van der Waals surface area (Å²) >= 11 is 3.21. The molecule has 0 fully saturated rings. The van der Waals surface area contributed by atoms with Crippen LogP contribution in [0.2, 0.25) is 0 Å². The first-order chi connectivity index (χ1) is 13.0. The molecule has 25 heavy (non-hydrogen) atoms. The zero-order chi connectivity index (χ0) is 20.7. The number of benzene rings is 2. The number of ketones is 1. The van der Waals surface area contributed by atoms with Crippen molar-refractivity contribution in [1.82, 2.24) is 0 Å². The van der Waals surface area contributed by atoms with E-state index in [1.54, 1.807) is 18.2 Å². The average Bonchev–Trinajstić information content (AvgIpc) is 2.86. The molecule has 1 aliphatic rings. The third kappa shape index (κ3) is 4.02. The molecule has 0 saturated carbocycles. The Balaban J connectivity index is 1.94. The third-order valence-electron chi connectivity index (χ3n) is 3.14. The van der Waals surface area contributed by atoms with Crippen molar-refractivity contribution < 1.29 is 26.2 Å². The number of Topliss-reactive ketones (excluding diaryl/α,β-unsaturated/α-hetero) is 1. The largest absolute Gasteiger partial charge is 0.460 e. The first kappa shape index (κ1) is 13.9. The summed E-state index contributed by atoms with van der Waals surface area (Å²) in [4.78, 5) is 12.7. The topological polar surface area (TPSA) is 95.7 Å². The highest BCUT2D eigenvalue weighted by Crippen LogP contribution is 2.33. The molecular formula is C17H14BrNO5S. The van der Waals surface area contributed by atoms with E-state index in [-0.39, 0.29) is 11.1 Å². The maximum Gasteiger partial charge on any atom is 0.313 e. The van der Waals surface area contributed by atoms with Gasteiger partial charge in [-0.25, -0.2) is 0 Å². The fraction of sp³-hybridized carbons (Fsp3) is 0.118. The molecule has 0 aliphatic carbocycles. The van der Waals surface area contributed by atoms with Gasteiger partial charge in [-0.3, -0.25) is 4.79 Å². The second-order valence-corrected chi connectivity index (χ2v) is 7.16. The maximum atomic E-state index is 12.7. The molecule has 2 N–H and O–H groups in total. The molecule has 6 nitrogen and oxygen atoms in total. The predicted octanol–water partition coefficient (Wildman–Crippen LogP) is 2.76. The summed E-state index contributed by atoms with van der Waals surface area (Å²) in [7, 11) is -5.00. The first-order valence-electron chi connectivity index (χ1n) is 8.48. The van der Waals surface area contributed by atoms with E-state index >= 15 is 0 Å². The van der Waals surface area contributed by atoms with Crippen LogP contribution in [0.4, 0.5) is 0 Å². The van der Waals surface area contributed by atoms with Gasteiger partial charge in [0.25, 0.3) is 0 Å². The Hall–Kier alpha value is -2.32. The Morgan fingerprint density at radius 1 is 1.24 bits per heavy atom. The van der Waals surface area contributed by atoms with Gasteiger partial charge >= 0.3 is 10.1 Å². The summed E-state index contributed by atoms with van der Waals surface area (Å²) in [6, 6.07) is 13.1. The van der Waals surface area contributed by atoms with Gasteiger partial charge in [0.1, 0.15) is 5.70 Å². The van der Waals surface area contributed by atoms with Crippen molar-refractivity contribution in [2.45, 2.75) is 11.8 Å². The number of hydrogen-bond donors (Lipinski definition) is 1. The van der Waals surface area contributed by atoms with Gasteiger partial charge in [0.05, 0.1) is 4.11 Å². The number of halogens is 1. The molecule has 0 spiro atoms. The molecule has 1 atom stereocenters. The lowest BCUT2D eigenvalue weighted by atomic mass is 10.1. The highest BCUT2D eigenvalue weighted by atomic mass is 79.9. The van der Waals surface area contributed by atoms with E-state index in [0.29, 0.717) is 4.47 Å². The number of nitrogens with two attached hydrogens (primary N) is 1. The predicted molar refractivity (Wildman–Crippen MR) is 94.3 cm³/mol.